The van der Waals surface area contributed by atoms with Gasteiger partial charge in [-0.25, -0.2) is 5.43 Å². The predicted molar refractivity (Wildman–Crippen MR) is 97.7 cm³/mol. The molecule has 0 radical (unpaired) electrons. The zero-order valence-electron chi connectivity index (χ0n) is 14.7. The fraction of sp³-hybridized carbons (Fsp3) is 0.300. The molecule has 24 heavy (non-hydrogen) atoms. The first-order chi connectivity index (χ1) is 11.5. The summed E-state index contributed by atoms with van der Waals surface area (Å²) in [6.07, 6.45) is 1.61. The van der Waals surface area contributed by atoms with E-state index < -0.39 is 0 Å². The van der Waals surface area contributed by atoms with Crippen LogP contribution in [-0.2, 0) is 4.79 Å². The van der Waals surface area contributed by atoms with Crippen molar-refractivity contribution in [1.29, 1.82) is 0 Å². The van der Waals surface area contributed by atoms with Crippen LogP contribution in [0.15, 0.2) is 47.6 Å². The van der Waals surface area contributed by atoms with Gasteiger partial charge in [-0.2, -0.15) is 5.10 Å². The Hall–Kier alpha value is -2.62. The Labute approximate surface area is 143 Å². The molecule has 1 N–H and O–H groups in total. The fourth-order valence-electron chi connectivity index (χ4n) is 2.25. The smallest absolute Gasteiger partial charge is 0.277 e. The summed E-state index contributed by atoms with van der Waals surface area (Å²) in [5.74, 6) is 0.806. The molecule has 0 heterocycles. The van der Waals surface area contributed by atoms with E-state index in [9.17, 15) is 4.79 Å². The first-order valence-electron chi connectivity index (χ1n) is 8.07. The molecule has 126 valence electrons. The van der Waals surface area contributed by atoms with E-state index in [2.05, 4.69) is 24.4 Å². The highest BCUT2D eigenvalue weighted by Crippen LogP contribution is 2.27. The molecular weight excluding hydrogens is 300 g/mol. The van der Waals surface area contributed by atoms with Gasteiger partial charge in [0.1, 0.15) is 5.75 Å². The lowest BCUT2D eigenvalue weighted by molar-refractivity contribution is -0.123. The highest BCUT2D eigenvalue weighted by molar-refractivity contribution is 5.82. The van der Waals surface area contributed by atoms with Crippen LogP contribution >= 0.6 is 0 Å². The number of carbonyl (C=O) groups is 1. The Morgan fingerprint density at radius 1 is 1.12 bits per heavy atom. The second-order valence-corrected chi connectivity index (χ2v) is 6.19. The highest BCUT2D eigenvalue weighted by atomic mass is 16.5. The van der Waals surface area contributed by atoms with Crippen LogP contribution in [0.1, 0.15) is 42.0 Å². The molecule has 0 saturated carbocycles. The van der Waals surface area contributed by atoms with Crippen LogP contribution in [0.4, 0.5) is 0 Å². The van der Waals surface area contributed by atoms with Gasteiger partial charge in [0.05, 0.1) is 6.21 Å². The lowest BCUT2D eigenvalue weighted by atomic mass is 10.0. The number of ether oxygens (including phenoxy) is 1. The summed E-state index contributed by atoms with van der Waals surface area (Å²) < 4.78 is 5.67. The minimum atomic E-state index is -0.283. The average Bonchev–Trinajstić information content (AvgIpc) is 2.54. The molecule has 0 aliphatic heterocycles. The number of aryl methyl sites for hydroxylation is 2. The highest BCUT2D eigenvalue weighted by Gasteiger charge is 2.09. The minimum absolute atomic E-state index is 0.0611. The third-order valence-electron chi connectivity index (χ3n) is 3.63. The largest absolute Gasteiger partial charge is 0.483 e. The molecule has 0 fully saturated rings. The average molecular weight is 324 g/mol. The zero-order valence-corrected chi connectivity index (χ0v) is 14.7. The molecule has 0 saturated heterocycles. The molecule has 2 aromatic carbocycles. The number of amides is 1. The number of carbonyl (C=O) groups excluding carboxylic acids is 1. The summed E-state index contributed by atoms with van der Waals surface area (Å²) in [7, 11) is 0. The fourth-order valence-corrected chi connectivity index (χ4v) is 2.25. The van der Waals surface area contributed by atoms with Crippen molar-refractivity contribution < 1.29 is 9.53 Å². The van der Waals surface area contributed by atoms with Gasteiger partial charge in [0.15, 0.2) is 6.61 Å². The van der Waals surface area contributed by atoms with E-state index in [4.69, 9.17) is 4.74 Å². The van der Waals surface area contributed by atoms with Crippen molar-refractivity contribution in [2.75, 3.05) is 6.61 Å². The van der Waals surface area contributed by atoms with Gasteiger partial charge in [-0.3, -0.25) is 4.79 Å². The third kappa shape index (κ3) is 5.23. The molecule has 0 unspecified atom stereocenters. The predicted octanol–water partition coefficient (Wildman–Crippen LogP) is 3.96. The standard InChI is InChI=1S/C20H24N2O2/c1-14(2)18-10-7-16(4)11-19(18)24-13-20(23)22-21-12-17-8-5-15(3)6-9-17/h5-12,14H,13H2,1-4H3,(H,22,23)/b21-12-. The lowest BCUT2D eigenvalue weighted by Gasteiger charge is -2.14. The first kappa shape index (κ1) is 17.7. The SMILES string of the molecule is Cc1ccc(/C=N\NC(=O)COc2cc(C)ccc2C(C)C)cc1. The second kappa shape index (κ2) is 8.29. The number of nitrogens with one attached hydrogen (secondary N) is 1. The molecule has 0 aliphatic rings. The van der Waals surface area contributed by atoms with Gasteiger partial charge in [-0.05, 0) is 42.5 Å². The number of rotatable bonds is 6. The van der Waals surface area contributed by atoms with E-state index >= 15 is 0 Å². The van der Waals surface area contributed by atoms with Crippen molar-refractivity contribution in [2.24, 2.45) is 5.10 Å². The van der Waals surface area contributed by atoms with Gasteiger partial charge in [-0.1, -0.05) is 55.8 Å². The normalized spacial score (nSPS) is 11.0. The van der Waals surface area contributed by atoms with Crippen molar-refractivity contribution in [3.8, 4) is 5.75 Å². The summed E-state index contributed by atoms with van der Waals surface area (Å²) in [5.41, 5.74) is 6.80. The molecule has 0 spiro atoms. The molecular formula is C20H24N2O2. The van der Waals surface area contributed by atoms with E-state index in [-0.39, 0.29) is 12.5 Å². The Morgan fingerprint density at radius 2 is 1.79 bits per heavy atom. The molecule has 4 nitrogen and oxygen atoms in total. The van der Waals surface area contributed by atoms with Crippen molar-refractivity contribution in [3.05, 3.63) is 64.7 Å². The maximum atomic E-state index is 11.9. The van der Waals surface area contributed by atoms with Crippen LogP contribution in [0.3, 0.4) is 0 Å². The van der Waals surface area contributed by atoms with Crippen LogP contribution in [0.25, 0.3) is 0 Å². The van der Waals surface area contributed by atoms with Crippen LogP contribution in [-0.4, -0.2) is 18.7 Å². The molecule has 0 bridgehead atoms. The number of benzene rings is 2. The van der Waals surface area contributed by atoms with E-state index in [0.717, 1.165) is 22.4 Å². The van der Waals surface area contributed by atoms with Gasteiger partial charge >= 0.3 is 0 Å². The van der Waals surface area contributed by atoms with Gasteiger partial charge in [0, 0.05) is 0 Å². The molecule has 2 aromatic rings. The van der Waals surface area contributed by atoms with Crippen molar-refractivity contribution in [1.82, 2.24) is 5.43 Å². The molecule has 0 aromatic heterocycles. The van der Waals surface area contributed by atoms with Crippen LogP contribution in [0.2, 0.25) is 0 Å². The zero-order chi connectivity index (χ0) is 17.5. The monoisotopic (exact) mass is 324 g/mol. The maximum absolute atomic E-state index is 11.9. The molecule has 0 atom stereocenters. The minimum Gasteiger partial charge on any atom is -0.483 e. The van der Waals surface area contributed by atoms with E-state index in [1.54, 1.807) is 6.21 Å². The van der Waals surface area contributed by atoms with E-state index in [1.165, 1.54) is 5.56 Å². The number of hydrazone groups is 1. The van der Waals surface area contributed by atoms with Gasteiger partial charge < -0.3 is 4.74 Å². The number of hydrogen-bond acceptors (Lipinski definition) is 3. The summed E-state index contributed by atoms with van der Waals surface area (Å²) in [5, 5.41) is 3.95. The summed E-state index contributed by atoms with van der Waals surface area (Å²) in [6, 6.07) is 13.9. The Balaban J connectivity index is 1.89. The van der Waals surface area contributed by atoms with Gasteiger partial charge in [0.2, 0.25) is 0 Å². The topological polar surface area (TPSA) is 50.7 Å². The third-order valence-corrected chi connectivity index (χ3v) is 3.63. The van der Waals surface area contributed by atoms with Gasteiger partial charge in [0.25, 0.3) is 5.91 Å². The molecule has 0 aliphatic carbocycles. The molecule has 2 rings (SSSR count). The van der Waals surface area contributed by atoms with Crippen LogP contribution in [0, 0.1) is 13.8 Å². The van der Waals surface area contributed by atoms with Crippen molar-refractivity contribution >= 4 is 12.1 Å². The Morgan fingerprint density at radius 3 is 2.46 bits per heavy atom. The molecule has 4 heteroatoms. The van der Waals surface area contributed by atoms with Crippen molar-refractivity contribution in [2.45, 2.75) is 33.6 Å². The number of nitrogens with zero attached hydrogens (tertiary/aromatic N) is 1. The summed E-state index contributed by atoms with van der Waals surface area (Å²) in [4.78, 5) is 11.9. The van der Waals surface area contributed by atoms with E-state index in [1.807, 2.05) is 56.3 Å². The summed E-state index contributed by atoms with van der Waals surface area (Å²) >= 11 is 0. The Bertz CT molecular complexity index is 719. The first-order valence-corrected chi connectivity index (χ1v) is 8.07. The van der Waals surface area contributed by atoms with Crippen molar-refractivity contribution in [3.63, 3.8) is 0 Å². The molecule has 1 amide bonds. The quantitative estimate of drug-likeness (QED) is 0.646. The van der Waals surface area contributed by atoms with Crippen LogP contribution < -0.4 is 10.2 Å². The van der Waals surface area contributed by atoms with E-state index in [0.29, 0.717) is 5.92 Å². The maximum Gasteiger partial charge on any atom is 0.277 e. The second-order valence-electron chi connectivity index (χ2n) is 6.19. The Kier molecular flexibility index (Phi) is 6.13. The number of hydrogen-bond donors (Lipinski definition) is 1. The van der Waals surface area contributed by atoms with Crippen LogP contribution in [0.5, 0.6) is 5.75 Å². The van der Waals surface area contributed by atoms with Gasteiger partial charge in [-0.15, -0.1) is 0 Å². The lowest BCUT2D eigenvalue weighted by Crippen LogP contribution is -2.25. The summed E-state index contributed by atoms with van der Waals surface area (Å²) in [6.45, 7) is 8.17.